The molecule has 0 spiro atoms. The van der Waals surface area contributed by atoms with Gasteiger partial charge in [-0.25, -0.2) is 14.6 Å². The maximum atomic E-state index is 5.94. The van der Waals surface area contributed by atoms with Crippen LogP contribution in [0.4, 0.5) is 0 Å². The van der Waals surface area contributed by atoms with Crippen molar-refractivity contribution in [1.29, 1.82) is 0 Å². The fraction of sp³-hybridized carbons (Fsp3) is 0.500. The Hall–Kier alpha value is -2.25. The van der Waals surface area contributed by atoms with E-state index in [9.17, 15) is 0 Å². The lowest BCUT2D eigenvalue weighted by atomic mass is 10.2. The van der Waals surface area contributed by atoms with Crippen LogP contribution in [0.5, 0.6) is 0 Å². The average Bonchev–Trinajstić information content (AvgIpc) is 3.11. The molecule has 3 aromatic rings. The standard InChI is InChI=1S/C18H24N6O/c1-13-5-4-6-23-10-16(20-18(13)23)9-22-7-8-25-17(11-22)12-24-15(3)19-14(2)21-24/h4-6,10,17H,7-9,11-12H2,1-3H3/t17-/m1/s1. The van der Waals surface area contributed by atoms with Gasteiger partial charge in [-0.3, -0.25) is 4.90 Å². The summed E-state index contributed by atoms with van der Waals surface area (Å²) in [6.07, 6.45) is 4.31. The van der Waals surface area contributed by atoms with Gasteiger partial charge >= 0.3 is 0 Å². The monoisotopic (exact) mass is 340 g/mol. The third-order valence-electron chi connectivity index (χ3n) is 4.68. The summed E-state index contributed by atoms with van der Waals surface area (Å²) in [7, 11) is 0. The highest BCUT2D eigenvalue weighted by molar-refractivity contribution is 5.47. The van der Waals surface area contributed by atoms with E-state index in [0.29, 0.717) is 0 Å². The van der Waals surface area contributed by atoms with Crippen molar-refractivity contribution in [3.8, 4) is 0 Å². The lowest BCUT2D eigenvalue weighted by Crippen LogP contribution is -2.44. The van der Waals surface area contributed by atoms with E-state index in [1.165, 1.54) is 5.56 Å². The van der Waals surface area contributed by atoms with Crippen LogP contribution in [-0.2, 0) is 17.8 Å². The number of aromatic nitrogens is 5. The largest absolute Gasteiger partial charge is 0.374 e. The number of hydrogen-bond donors (Lipinski definition) is 0. The number of pyridine rings is 1. The number of ether oxygens (including phenoxy) is 1. The van der Waals surface area contributed by atoms with Gasteiger partial charge in [-0.05, 0) is 32.4 Å². The Kier molecular flexibility index (Phi) is 4.27. The molecule has 0 amide bonds. The molecule has 7 heteroatoms. The zero-order valence-electron chi connectivity index (χ0n) is 15.0. The molecule has 25 heavy (non-hydrogen) atoms. The zero-order valence-corrected chi connectivity index (χ0v) is 15.0. The van der Waals surface area contributed by atoms with Gasteiger partial charge in [0.25, 0.3) is 0 Å². The van der Waals surface area contributed by atoms with Crippen molar-refractivity contribution in [3.63, 3.8) is 0 Å². The topological polar surface area (TPSA) is 60.5 Å². The van der Waals surface area contributed by atoms with Crippen molar-refractivity contribution in [2.45, 2.75) is 40.0 Å². The van der Waals surface area contributed by atoms with Crippen molar-refractivity contribution in [1.82, 2.24) is 29.0 Å². The molecule has 0 aliphatic carbocycles. The number of nitrogens with zero attached hydrogens (tertiary/aromatic N) is 6. The average molecular weight is 340 g/mol. The molecule has 4 rings (SSSR count). The Bertz CT molecular complexity index is 883. The van der Waals surface area contributed by atoms with E-state index in [1.54, 1.807) is 0 Å². The van der Waals surface area contributed by atoms with Crippen LogP contribution in [0.25, 0.3) is 5.65 Å². The van der Waals surface area contributed by atoms with E-state index in [2.05, 4.69) is 50.8 Å². The predicted molar refractivity (Wildman–Crippen MR) is 94.4 cm³/mol. The third kappa shape index (κ3) is 3.43. The van der Waals surface area contributed by atoms with Gasteiger partial charge in [-0.1, -0.05) is 6.07 Å². The number of fused-ring (bicyclic) bond motifs is 1. The van der Waals surface area contributed by atoms with Crippen LogP contribution in [-0.4, -0.2) is 54.8 Å². The van der Waals surface area contributed by atoms with E-state index in [4.69, 9.17) is 9.72 Å². The summed E-state index contributed by atoms with van der Waals surface area (Å²) in [6, 6.07) is 4.15. The van der Waals surface area contributed by atoms with Crippen LogP contribution in [0, 0.1) is 20.8 Å². The van der Waals surface area contributed by atoms with E-state index in [1.807, 2.05) is 18.5 Å². The van der Waals surface area contributed by atoms with Crippen molar-refractivity contribution < 1.29 is 4.74 Å². The summed E-state index contributed by atoms with van der Waals surface area (Å²) in [6.45, 7) is 10.1. The first-order chi connectivity index (χ1) is 12.1. The van der Waals surface area contributed by atoms with Gasteiger partial charge in [-0.2, -0.15) is 5.10 Å². The number of imidazole rings is 1. The molecule has 0 saturated carbocycles. The highest BCUT2D eigenvalue weighted by atomic mass is 16.5. The van der Waals surface area contributed by atoms with Crippen molar-refractivity contribution in [2.75, 3.05) is 19.7 Å². The lowest BCUT2D eigenvalue weighted by molar-refractivity contribution is -0.0408. The SMILES string of the molecule is Cc1nc(C)n(C[C@H]2CN(Cc3cn4cccc(C)c4n3)CCO2)n1. The number of rotatable bonds is 4. The van der Waals surface area contributed by atoms with Crippen LogP contribution in [0.2, 0.25) is 0 Å². The molecule has 0 unspecified atom stereocenters. The second-order valence-electron chi connectivity index (χ2n) is 6.77. The number of hydrogen-bond acceptors (Lipinski definition) is 5. The molecule has 1 aliphatic rings. The maximum absolute atomic E-state index is 5.94. The summed E-state index contributed by atoms with van der Waals surface area (Å²) in [5, 5.41) is 4.44. The zero-order chi connectivity index (χ0) is 17.4. The molecule has 3 aromatic heterocycles. The number of aryl methyl sites for hydroxylation is 3. The van der Waals surface area contributed by atoms with Gasteiger partial charge in [0.1, 0.15) is 17.3 Å². The van der Waals surface area contributed by atoms with Gasteiger partial charge < -0.3 is 9.14 Å². The fourth-order valence-corrected chi connectivity index (χ4v) is 3.47. The Morgan fingerprint density at radius 1 is 1.24 bits per heavy atom. The molecule has 1 saturated heterocycles. The molecule has 1 atom stereocenters. The minimum absolute atomic E-state index is 0.132. The van der Waals surface area contributed by atoms with E-state index in [0.717, 1.165) is 55.8 Å². The summed E-state index contributed by atoms with van der Waals surface area (Å²) < 4.78 is 9.98. The molecule has 4 heterocycles. The molecular weight excluding hydrogens is 316 g/mol. The Balaban J connectivity index is 1.43. The van der Waals surface area contributed by atoms with Gasteiger partial charge in [0, 0.05) is 32.0 Å². The number of morpholine rings is 1. The molecule has 7 nitrogen and oxygen atoms in total. The maximum Gasteiger partial charge on any atom is 0.147 e. The highest BCUT2D eigenvalue weighted by Crippen LogP contribution is 2.14. The molecule has 1 fully saturated rings. The predicted octanol–water partition coefficient (Wildman–Crippen LogP) is 1.75. The summed E-state index contributed by atoms with van der Waals surface area (Å²) >= 11 is 0. The van der Waals surface area contributed by atoms with E-state index in [-0.39, 0.29) is 6.10 Å². The first kappa shape index (κ1) is 16.2. The Morgan fingerprint density at radius 3 is 2.88 bits per heavy atom. The van der Waals surface area contributed by atoms with E-state index < -0.39 is 0 Å². The van der Waals surface area contributed by atoms with Crippen LogP contribution in [0.15, 0.2) is 24.5 Å². The molecular formula is C18H24N6O. The van der Waals surface area contributed by atoms with Gasteiger partial charge in [-0.15, -0.1) is 0 Å². The highest BCUT2D eigenvalue weighted by Gasteiger charge is 2.22. The molecule has 132 valence electrons. The van der Waals surface area contributed by atoms with Crippen LogP contribution < -0.4 is 0 Å². The smallest absolute Gasteiger partial charge is 0.147 e. The quantitative estimate of drug-likeness (QED) is 0.724. The lowest BCUT2D eigenvalue weighted by Gasteiger charge is -2.32. The van der Waals surface area contributed by atoms with Crippen LogP contribution in [0.1, 0.15) is 22.9 Å². The van der Waals surface area contributed by atoms with Gasteiger partial charge in [0.15, 0.2) is 0 Å². The Morgan fingerprint density at radius 2 is 2.12 bits per heavy atom. The second kappa shape index (κ2) is 6.57. The van der Waals surface area contributed by atoms with Crippen molar-refractivity contribution in [3.05, 3.63) is 47.4 Å². The van der Waals surface area contributed by atoms with Crippen molar-refractivity contribution in [2.24, 2.45) is 0 Å². The van der Waals surface area contributed by atoms with Crippen LogP contribution in [0.3, 0.4) is 0 Å². The second-order valence-corrected chi connectivity index (χ2v) is 6.77. The first-order valence-corrected chi connectivity index (χ1v) is 8.74. The van der Waals surface area contributed by atoms with Crippen LogP contribution >= 0.6 is 0 Å². The first-order valence-electron chi connectivity index (χ1n) is 8.74. The minimum atomic E-state index is 0.132. The van der Waals surface area contributed by atoms with Gasteiger partial charge in [0.2, 0.25) is 0 Å². The molecule has 0 radical (unpaired) electrons. The molecule has 0 N–H and O–H groups in total. The third-order valence-corrected chi connectivity index (χ3v) is 4.68. The summed E-state index contributed by atoms with van der Waals surface area (Å²) in [5.74, 6) is 1.75. The molecule has 1 aliphatic heterocycles. The summed E-state index contributed by atoms with van der Waals surface area (Å²) in [4.78, 5) is 11.6. The fourth-order valence-electron chi connectivity index (χ4n) is 3.47. The molecule has 0 bridgehead atoms. The van der Waals surface area contributed by atoms with Gasteiger partial charge in [0.05, 0.1) is 24.9 Å². The van der Waals surface area contributed by atoms with E-state index >= 15 is 0 Å². The molecule has 0 aromatic carbocycles. The van der Waals surface area contributed by atoms with Crippen molar-refractivity contribution >= 4 is 5.65 Å². The minimum Gasteiger partial charge on any atom is -0.374 e. The summed E-state index contributed by atoms with van der Waals surface area (Å²) in [5.41, 5.74) is 3.34. The normalized spacial score (nSPS) is 18.9. The Labute approximate surface area is 147 Å².